The first-order valence-electron chi connectivity index (χ1n) is 6.31. The fourth-order valence-electron chi connectivity index (χ4n) is 2.21. The van der Waals surface area contributed by atoms with Crippen molar-refractivity contribution in [1.29, 1.82) is 0 Å². The number of para-hydroxylation sites is 1. The van der Waals surface area contributed by atoms with E-state index in [-0.39, 0.29) is 10.9 Å². The second-order valence-electron chi connectivity index (χ2n) is 4.63. The third-order valence-corrected chi connectivity index (χ3v) is 3.36. The van der Waals surface area contributed by atoms with E-state index in [1.54, 1.807) is 23.2 Å². The molecule has 0 aliphatic rings. The molecule has 3 rings (SSSR count). The summed E-state index contributed by atoms with van der Waals surface area (Å²) in [5, 5.41) is 0.247. The normalized spacial score (nSPS) is 12.7. The van der Waals surface area contributed by atoms with Crippen molar-refractivity contribution in [2.75, 3.05) is 0 Å². The number of rotatable bonds is 3. The van der Waals surface area contributed by atoms with E-state index in [0.29, 0.717) is 23.3 Å². The average molecular weight is 289 g/mol. The zero-order valence-electron chi connectivity index (χ0n) is 10.9. The Morgan fingerprint density at radius 3 is 2.85 bits per heavy atom. The number of hydrogen-bond acceptors (Lipinski definition) is 3. The predicted octanol–water partition coefficient (Wildman–Crippen LogP) is 3.34. The Bertz CT molecular complexity index is 791. The van der Waals surface area contributed by atoms with Crippen molar-refractivity contribution in [3.05, 3.63) is 64.6 Å². The van der Waals surface area contributed by atoms with E-state index in [1.165, 1.54) is 0 Å². The highest BCUT2D eigenvalue weighted by Gasteiger charge is 2.15. The van der Waals surface area contributed by atoms with Gasteiger partial charge >= 0.3 is 0 Å². The summed E-state index contributed by atoms with van der Waals surface area (Å²) in [6.45, 7) is 2.21. The highest BCUT2D eigenvalue weighted by atomic mass is 35.5. The highest BCUT2D eigenvalue weighted by molar-refractivity contribution is 6.20. The molecule has 0 N–H and O–H groups in total. The standard InChI is InChI=1S/C15H13ClN2O2/c1-10(16)14-17-13-5-3-2-4-12(13)15(19)18(14)8-11-6-7-20-9-11/h2-7,9-10H,8H2,1H3. The SMILES string of the molecule is CC(Cl)c1nc2ccccc2c(=O)n1Cc1ccoc1. The summed E-state index contributed by atoms with van der Waals surface area (Å²) in [5.74, 6) is 0.566. The summed E-state index contributed by atoms with van der Waals surface area (Å²) in [6.07, 6.45) is 3.20. The topological polar surface area (TPSA) is 48.0 Å². The van der Waals surface area contributed by atoms with Gasteiger partial charge in [0.2, 0.25) is 0 Å². The van der Waals surface area contributed by atoms with Gasteiger partial charge in [-0.15, -0.1) is 11.6 Å². The smallest absolute Gasteiger partial charge is 0.261 e. The summed E-state index contributed by atoms with van der Waals surface area (Å²) in [7, 11) is 0. The number of aromatic nitrogens is 2. The fourth-order valence-corrected chi connectivity index (χ4v) is 2.37. The number of furan rings is 1. The van der Waals surface area contributed by atoms with Crippen LogP contribution in [0.2, 0.25) is 0 Å². The molecule has 0 spiro atoms. The van der Waals surface area contributed by atoms with Crippen LogP contribution in [0.1, 0.15) is 23.7 Å². The van der Waals surface area contributed by atoms with Crippen LogP contribution < -0.4 is 5.56 Å². The lowest BCUT2D eigenvalue weighted by Crippen LogP contribution is -2.26. The van der Waals surface area contributed by atoms with Crippen LogP contribution in [0.25, 0.3) is 10.9 Å². The largest absolute Gasteiger partial charge is 0.472 e. The lowest BCUT2D eigenvalue weighted by atomic mass is 10.2. The van der Waals surface area contributed by atoms with Crippen molar-refractivity contribution in [1.82, 2.24) is 9.55 Å². The number of halogens is 1. The Morgan fingerprint density at radius 2 is 2.15 bits per heavy atom. The quantitative estimate of drug-likeness (QED) is 0.695. The Hall–Kier alpha value is -2.07. The lowest BCUT2D eigenvalue weighted by molar-refractivity contribution is 0.560. The third kappa shape index (κ3) is 2.23. The molecule has 0 amide bonds. The molecule has 0 fully saturated rings. The van der Waals surface area contributed by atoms with Gasteiger partial charge in [0.05, 0.1) is 35.4 Å². The van der Waals surface area contributed by atoms with E-state index in [2.05, 4.69) is 4.98 Å². The van der Waals surface area contributed by atoms with E-state index in [4.69, 9.17) is 16.0 Å². The number of benzene rings is 1. The maximum Gasteiger partial charge on any atom is 0.261 e. The minimum absolute atomic E-state index is 0.0840. The van der Waals surface area contributed by atoms with Gasteiger partial charge in [0.1, 0.15) is 5.82 Å². The zero-order chi connectivity index (χ0) is 14.1. The first-order chi connectivity index (χ1) is 9.66. The first kappa shape index (κ1) is 12.9. The van der Waals surface area contributed by atoms with Crippen molar-refractivity contribution in [3.63, 3.8) is 0 Å². The number of fused-ring (bicyclic) bond motifs is 1. The molecule has 1 unspecified atom stereocenters. The lowest BCUT2D eigenvalue weighted by Gasteiger charge is -2.14. The summed E-state index contributed by atoms with van der Waals surface area (Å²) in [5.41, 5.74) is 1.49. The fraction of sp³-hybridized carbons (Fsp3) is 0.200. The van der Waals surface area contributed by atoms with Crippen LogP contribution in [-0.2, 0) is 6.54 Å². The van der Waals surface area contributed by atoms with Crippen LogP contribution in [0.5, 0.6) is 0 Å². The third-order valence-electron chi connectivity index (χ3n) is 3.17. The predicted molar refractivity (Wildman–Crippen MR) is 78.1 cm³/mol. The van der Waals surface area contributed by atoms with E-state index in [1.807, 2.05) is 31.2 Å². The summed E-state index contributed by atoms with van der Waals surface area (Å²) in [6, 6.07) is 9.11. The molecular weight excluding hydrogens is 276 g/mol. The molecule has 2 heterocycles. The molecule has 0 radical (unpaired) electrons. The molecule has 0 saturated carbocycles. The Kier molecular flexibility index (Phi) is 3.32. The molecule has 0 saturated heterocycles. The number of alkyl halides is 1. The van der Waals surface area contributed by atoms with E-state index in [9.17, 15) is 4.79 Å². The first-order valence-corrected chi connectivity index (χ1v) is 6.75. The van der Waals surface area contributed by atoms with Crippen molar-refractivity contribution >= 4 is 22.5 Å². The molecular formula is C15H13ClN2O2. The number of nitrogens with zero attached hydrogens (tertiary/aromatic N) is 2. The monoisotopic (exact) mass is 288 g/mol. The van der Waals surface area contributed by atoms with Crippen LogP contribution in [0.3, 0.4) is 0 Å². The van der Waals surface area contributed by atoms with E-state index >= 15 is 0 Å². The van der Waals surface area contributed by atoms with Crippen LogP contribution in [0, 0.1) is 0 Å². The van der Waals surface area contributed by atoms with Gasteiger partial charge in [-0.05, 0) is 25.1 Å². The molecule has 1 atom stereocenters. The van der Waals surface area contributed by atoms with Gasteiger partial charge in [-0.1, -0.05) is 12.1 Å². The Labute approximate surface area is 120 Å². The van der Waals surface area contributed by atoms with Gasteiger partial charge in [-0.25, -0.2) is 4.98 Å². The van der Waals surface area contributed by atoms with Gasteiger partial charge in [-0.3, -0.25) is 9.36 Å². The molecule has 20 heavy (non-hydrogen) atoms. The molecule has 4 nitrogen and oxygen atoms in total. The molecule has 0 aliphatic carbocycles. The molecule has 3 aromatic rings. The summed E-state index contributed by atoms with van der Waals surface area (Å²) >= 11 is 6.18. The molecule has 102 valence electrons. The second kappa shape index (κ2) is 5.13. The highest BCUT2D eigenvalue weighted by Crippen LogP contribution is 2.19. The summed E-state index contributed by atoms with van der Waals surface area (Å²) in [4.78, 5) is 17.1. The van der Waals surface area contributed by atoms with Crippen LogP contribution in [0.15, 0.2) is 52.1 Å². The van der Waals surface area contributed by atoms with E-state index < -0.39 is 0 Å². The Morgan fingerprint density at radius 1 is 1.35 bits per heavy atom. The van der Waals surface area contributed by atoms with Crippen molar-refractivity contribution in [3.8, 4) is 0 Å². The number of hydrogen-bond donors (Lipinski definition) is 0. The molecule has 1 aromatic carbocycles. The van der Waals surface area contributed by atoms with Gasteiger partial charge in [0, 0.05) is 5.56 Å². The van der Waals surface area contributed by atoms with Gasteiger partial charge < -0.3 is 4.42 Å². The molecule has 5 heteroatoms. The average Bonchev–Trinajstić information content (AvgIpc) is 2.94. The van der Waals surface area contributed by atoms with Crippen LogP contribution in [0.4, 0.5) is 0 Å². The minimum Gasteiger partial charge on any atom is -0.472 e. The van der Waals surface area contributed by atoms with E-state index in [0.717, 1.165) is 5.56 Å². The summed E-state index contributed by atoms with van der Waals surface area (Å²) < 4.78 is 6.65. The maximum absolute atomic E-state index is 12.6. The molecule has 0 bridgehead atoms. The molecule has 0 aliphatic heterocycles. The second-order valence-corrected chi connectivity index (χ2v) is 5.28. The van der Waals surface area contributed by atoms with Crippen LogP contribution in [-0.4, -0.2) is 9.55 Å². The maximum atomic E-state index is 12.6. The van der Waals surface area contributed by atoms with Crippen molar-refractivity contribution < 1.29 is 4.42 Å². The van der Waals surface area contributed by atoms with Crippen molar-refractivity contribution in [2.45, 2.75) is 18.8 Å². The van der Waals surface area contributed by atoms with Gasteiger partial charge in [0.15, 0.2) is 0 Å². The van der Waals surface area contributed by atoms with Crippen molar-refractivity contribution in [2.24, 2.45) is 0 Å². The zero-order valence-corrected chi connectivity index (χ0v) is 11.7. The minimum atomic E-state index is -0.348. The molecule has 2 aromatic heterocycles. The Balaban J connectivity index is 2.24. The van der Waals surface area contributed by atoms with Crippen LogP contribution >= 0.6 is 11.6 Å². The van der Waals surface area contributed by atoms with Gasteiger partial charge in [-0.2, -0.15) is 0 Å². The van der Waals surface area contributed by atoms with Gasteiger partial charge in [0.25, 0.3) is 5.56 Å².